The molecule has 2 aromatic heterocycles. The van der Waals surface area contributed by atoms with Crippen molar-refractivity contribution in [1.82, 2.24) is 20.1 Å². The lowest BCUT2D eigenvalue weighted by Gasteiger charge is -2.34. The first-order valence-electron chi connectivity index (χ1n) is 7.76. The second kappa shape index (κ2) is 7.12. The minimum Gasteiger partial charge on any atom is -0.411 e. The van der Waals surface area contributed by atoms with Crippen LogP contribution in [0.1, 0.15) is 20.3 Å². The topological polar surface area (TPSA) is 72.1 Å². The van der Waals surface area contributed by atoms with Gasteiger partial charge in [-0.05, 0) is 30.4 Å². The maximum Gasteiger partial charge on any atom is 0.277 e. The third-order valence-electron chi connectivity index (χ3n) is 3.86. The molecular formula is C16H20N4O2S. The number of likely N-dealkylation sites (tertiary alicyclic amines) is 1. The van der Waals surface area contributed by atoms with Gasteiger partial charge >= 0.3 is 0 Å². The van der Waals surface area contributed by atoms with E-state index >= 15 is 0 Å². The predicted octanol–water partition coefficient (Wildman–Crippen LogP) is 2.73. The Morgan fingerprint density at radius 3 is 2.83 bits per heavy atom. The Balaban J connectivity index is 1.56. The number of aromatic nitrogens is 3. The van der Waals surface area contributed by atoms with E-state index in [-0.39, 0.29) is 5.91 Å². The van der Waals surface area contributed by atoms with Crippen molar-refractivity contribution in [2.75, 3.05) is 18.8 Å². The summed E-state index contributed by atoms with van der Waals surface area (Å²) in [5, 5.41) is 8.40. The van der Waals surface area contributed by atoms with Crippen LogP contribution in [-0.2, 0) is 4.79 Å². The van der Waals surface area contributed by atoms with Crippen molar-refractivity contribution in [2.45, 2.75) is 25.5 Å². The molecule has 2 unspecified atom stereocenters. The Kier molecular flexibility index (Phi) is 4.95. The van der Waals surface area contributed by atoms with Crippen molar-refractivity contribution in [1.29, 1.82) is 0 Å². The molecule has 122 valence electrons. The fourth-order valence-electron chi connectivity index (χ4n) is 2.96. The normalized spacial score (nSPS) is 21.4. The number of thioether (sulfide) groups is 1. The lowest BCUT2D eigenvalue weighted by Crippen LogP contribution is -2.43. The van der Waals surface area contributed by atoms with Gasteiger partial charge < -0.3 is 9.32 Å². The number of rotatable bonds is 4. The molecule has 1 saturated heterocycles. The van der Waals surface area contributed by atoms with Gasteiger partial charge in [-0.25, -0.2) is 0 Å². The molecule has 1 aliphatic rings. The van der Waals surface area contributed by atoms with Crippen LogP contribution in [0.4, 0.5) is 0 Å². The van der Waals surface area contributed by atoms with Crippen LogP contribution in [0.15, 0.2) is 34.2 Å². The number of hydrogen-bond acceptors (Lipinski definition) is 6. The minimum atomic E-state index is 0.134. The number of nitrogens with zero attached hydrogens (tertiary/aromatic N) is 4. The molecule has 2 atom stereocenters. The number of hydrogen-bond donors (Lipinski definition) is 0. The second-order valence-electron chi connectivity index (χ2n) is 6.15. The standard InChI is InChI=1S/C16H20N4O2S/c1-11-6-12(2)9-20(8-11)14(21)10-23-16-19-18-15(22-16)13-4-3-5-17-7-13/h3-5,7,11-12H,6,8-10H2,1-2H3. The third kappa shape index (κ3) is 4.10. The van der Waals surface area contributed by atoms with Crippen LogP contribution in [0.3, 0.4) is 0 Å². The lowest BCUT2D eigenvalue weighted by atomic mass is 9.92. The molecule has 0 saturated carbocycles. The molecule has 1 fully saturated rings. The summed E-state index contributed by atoms with van der Waals surface area (Å²) < 4.78 is 5.58. The molecule has 2 aromatic rings. The molecule has 3 heterocycles. The van der Waals surface area contributed by atoms with Crippen molar-refractivity contribution >= 4 is 17.7 Å². The van der Waals surface area contributed by atoms with Crippen LogP contribution in [0.2, 0.25) is 0 Å². The summed E-state index contributed by atoms with van der Waals surface area (Å²) in [6, 6.07) is 3.67. The zero-order valence-electron chi connectivity index (χ0n) is 13.3. The van der Waals surface area contributed by atoms with Crippen molar-refractivity contribution in [3.05, 3.63) is 24.5 Å². The summed E-state index contributed by atoms with van der Waals surface area (Å²) in [4.78, 5) is 18.3. The number of carbonyl (C=O) groups is 1. The maximum atomic E-state index is 12.3. The van der Waals surface area contributed by atoms with Crippen LogP contribution >= 0.6 is 11.8 Å². The predicted molar refractivity (Wildman–Crippen MR) is 87.8 cm³/mol. The summed E-state index contributed by atoms with van der Waals surface area (Å²) in [6.07, 6.45) is 4.55. The van der Waals surface area contributed by atoms with Crippen LogP contribution in [0, 0.1) is 11.8 Å². The highest BCUT2D eigenvalue weighted by atomic mass is 32.2. The van der Waals surface area contributed by atoms with Crippen LogP contribution < -0.4 is 0 Å². The number of carbonyl (C=O) groups excluding carboxylic acids is 1. The molecule has 1 aliphatic heterocycles. The Bertz CT molecular complexity index is 651. The average Bonchev–Trinajstić information content (AvgIpc) is 3.01. The quantitative estimate of drug-likeness (QED) is 0.802. The first-order chi connectivity index (χ1) is 11.1. The number of pyridine rings is 1. The molecule has 0 bridgehead atoms. The van der Waals surface area contributed by atoms with Gasteiger partial charge in [-0.15, -0.1) is 10.2 Å². The second-order valence-corrected chi connectivity index (χ2v) is 7.07. The van der Waals surface area contributed by atoms with E-state index in [0.717, 1.165) is 18.7 Å². The van der Waals surface area contributed by atoms with Gasteiger partial charge in [0, 0.05) is 25.5 Å². The van der Waals surface area contributed by atoms with E-state index in [2.05, 4.69) is 29.0 Å². The Labute approximate surface area is 139 Å². The monoisotopic (exact) mass is 332 g/mol. The zero-order chi connectivity index (χ0) is 16.2. The molecule has 6 nitrogen and oxygen atoms in total. The first kappa shape index (κ1) is 16.0. The van der Waals surface area contributed by atoms with E-state index in [9.17, 15) is 4.79 Å². The largest absolute Gasteiger partial charge is 0.411 e. The molecule has 0 N–H and O–H groups in total. The van der Waals surface area contributed by atoms with Gasteiger partial charge in [-0.1, -0.05) is 25.6 Å². The molecule has 0 aromatic carbocycles. The van der Waals surface area contributed by atoms with E-state index in [4.69, 9.17) is 4.42 Å². The fourth-order valence-corrected chi connectivity index (χ4v) is 3.62. The third-order valence-corrected chi connectivity index (χ3v) is 4.66. The highest BCUT2D eigenvalue weighted by Crippen LogP contribution is 2.25. The van der Waals surface area contributed by atoms with Gasteiger partial charge in [-0.2, -0.15) is 0 Å². The summed E-state index contributed by atoms with van der Waals surface area (Å²) in [5.41, 5.74) is 0.775. The molecule has 0 radical (unpaired) electrons. The van der Waals surface area contributed by atoms with Crippen LogP contribution in [0.25, 0.3) is 11.5 Å². The Morgan fingerprint density at radius 2 is 2.13 bits per heavy atom. The maximum absolute atomic E-state index is 12.3. The summed E-state index contributed by atoms with van der Waals surface area (Å²) >= 11 is 1.29. The molecule has 3 rings (SSSR count). The number of amides is 1. The molecule has 1 amide bonds. The van der Waals surface area contributed by atoms with E-state index in [1.54, 1.807) is 12.4 Å². The van der Waals surface area contributed by atoms with Gasteiger partial charge in [0.25, 0.3) is 5.22 Å². The first-order valence-corrected chi connectivity index (χ1v) is 8.75. The highest BCUT2D eigenvalue weighted by molar-refractivity contribution is 7.99. The van der Waals surface area contributed by atoms with E-state index < -0.39 is 0 Å². The van der Waals surface area contributed by atoms with Gasteiger partial charge in [-0.3, -0.25) is 9.78 Å². The van der Waals surface area contributed by atoms with E-state index in [1.165, 1.54) is 18.2 Å². The molecule has 0 aliphatic carbocycles. The van der Waals surface area contributed by atoms with E-state index in [0.29, 0.717) is 28.7 Å². The van der Waals surface area contributed by atoms with Gasteiger partial charge in [0.15, 0.2) is 0 Å². The van der Waals surface area contributed by atoms with Crippen molar-refractivity contribution in [3.8, 4) is 11.5 Å². The van der Waals surface area contributed by atoms with Gasteiger partial charge in [0.1, 0.15) is 0 Å². The molecule has 7 heteroatoms. The average molecular weight is 332 g/mol. The Morgan fingerprint density at radius 1 is 1.35 bits per heavy atom. The van der Waals surface area contributed by atoms with Crippen LogP contribution in [0.5, 0.6) is 0 Å². The van der Waals surface area contributed by atoms with Crippen molar-refractivity contribution in [3.63, 3.8) is 0 Å². The molecule has 23 heavy (non-hydrogen) atoms. The van der Waals surface area contributed by atoms with Gasteiger partial charge in [0.2, 0.25) is 11.8 Å². The minimum absolute atomic E-state index is 0.134. The lowest BCUT2D eigenvalue weighted by molar-refractivity contribution is -0.130. The van der Waals surface area contributed by atoms with E-state index in [1.807, 2.05) is 17.0 Å². The summed E-state index contributed by atoms with van der Waals surface area (Å²) in [5.74, 6) is 2.01. The smallest absolute Gasteiger partial charge is 0.277 e. The van der Waals surface area contributed by atoms with Crippen LogP contribution in [-0.4, -0.2) is 44.8 Å². The number of piperidine rings is 1. The fraction of sp³-hybridized carbons (Fsp3) is 0.500. The SMILES string of the molecule is CC1CC(C)CN(C(=O)CSc2nnc(-c3cccnc3)o2)C1. The van der Waals surface area contributed by atoms with Crippen molar-refractivity contribution in [2.24, 2.45) is 11.8 Å². The Hall–Kier alpha value is -1.89. The molecular weight excluding hydrogens is 312 g/mol. The van der Waals surface area contributed by atoms with Crippen molar-refractivity contribution < 1.29 is 9.21 Å². The highest BCUT2D eigenvalue weighted by Gasteiger charge is 2.25. The van der Waals surface area contributed by atoms with Gasteiger partial charge in [0.05, 0.1) is 11.3 Å². The summed E-state index contributed by atoms with van der Waals surface area (Å²) in [7, 11) is 0. The molecule has 0 spiro atoms. The summed E-state index contributed by atoms with van der Waals surface area (Å²) in [6.45, 7) is 6.07. The zero-order valence-corrected chi connectivity index (χ0v) is 14.1.